The van der Waals surface area contributed by atoms with Crippen LogP contribution >= 0.6 is 0 Å². The van der Waals surface area contributed by atoms with Gasteiger partial charge < -0.3 is 24.8 Å². The number of rotatable bonds is 7. The molecule has 2 N–H and O–H groups in total. The smallest absolute Gasteiger partial charge is 0.410 e. The molecule has 9 heteroatoms. The average molecular weight is 492 g/mol. The summed E-state index contributed by atoms with van der Waals surface area (Å²) in [5.41, 5.74) is 0.201. The third-order valence-electron chi connectivity index (χ3n) is 5.75. The Morgan fingerprint density at radius 2 is 1.86 bits per heavy atom. The zero-order valence-corrected chi connectivity index (χ0v) is 21.8. The number of hydrogen-bond acceptors (Lipinski definition) is 6. The minimum atomic E-state index is -0.961. The second kappa shape index (κ2) is 12.8. The summed E-state index contributed by atoms with van der Waals surface area (Å²) in [4.78, 5) is 41.2. The summed E-state index contributed by atoms with van der Waals surface area (Å²) in [6.07, 6.45) is -0.493. The molecule has 3 unspecified atom stereocenters. The van der Waals surface area contributed by atoms with Crippen molar-refractivity contribution in [2.75, 3.05) is 20.1 Å². The molecule has 3 atom stereocenters. The lowest BCUT2D eigenvalue weighted by molar-refractivity contribution is -0.128. The molecule has 0 bridgehead atoms. The first kappa shape index (κ1) is 28.4. The summed E-state index contributed by atoms with van der Waals surface area (Å²) in [5.74, 6) is -0.194. The van der Waals surface area contributed by atoms with E-state index >= 15 is 0 Å². The number of likely N-dealkylation sites (N-methyl/N-ethyl adjacent to an activating group) is 1. The molecular formula is C26H41N3O6. The fraction of sp³-hybridized carbons (Fsp3) is 0.654. The van der Waals surface area contributed by atoms with Gasteiger partial charge in [-0.25, -0.2) is 9.59 Å². The van der Waals surface area contributed by atoms with Gasteiger partial charge in [0.15, 0.2) is 0 Å². The largest absolute Gasteiger partial charge is 0.445 e. The van der Waals surface area contributed by atoms with Gasteiger partial charge in [-0.2, -0.15) is 0 Å². The molecule has 0 spiro atoms. The van der Waals surface area contributed by atoms with E-state index in [0.717, 1.165) is 5.56 Å². The highest BCUT2D eigenvalue weighted by molar-refractivity contribution is 5.86. The number of amides is 3. The molecule has 1 aliphatic heterocycles. The zero-order chi connectivity index (χ0) is 26.2. The van der Waals surface area contributed by atoms with Gasteiger partial charge in [0.05, 0.1) is 18.7 Å². The van der Waals surface area contributed by atoms with Gasteiger partial charge in [0, 0.05) is 13.6 Å². The van der Waals surface area contributed by atoms with Crippen LogP contribution < -0.4 is 5.32 Å². The van der Waals surface area contributed by atoms with Crippen LogP contribution in [0.3, 0.4) is 0 Å². The Bertz CT molecular complexity index is 839. The monoisotopic (exact) mass is 491 g/mol. The van der Waals surface area contributed by atoms with Crippen LogP contribution in [0.4, 0.5) is 9.59 Å². The third kappa shape index (κ3) is 9.39. The van der Waals surface area contributed by atoms with Crippen molar-refractivity contribution in [2.45, 2.75) is 84.3 Å². The van der Waals surface area contributed by atoms with Crippen molar-refractivity contribution in [1.82, 2.24) is 15.1 Å². The van der Waals surface area contributed by atoms with Crippen LogP contribution in [0.25, 0.3) is 0 Å². The number of nitrogens with one attached hydrogen (secondary N) is 1. The van der Waals surface area contributed by atoms with Crippen molar-refractivity contribution < 1.29 is 29.0 Å². The number of aliphatic hydroxyl groups is 1. The van der Waals surface area contributed by atoms with Gasteiger partial charge in [0.2, 0.25) is 5.91 Å². The van der Waals surface area contributed by atoms with E-state index in [1.165, 1.54) is 9.80 Å². The van der Waals surface area contributed by atoms with Crippen LogP contribution in [-0.2, 0) is 20.9 Å². The fourth-order valence-electron chi connectivity index (χ4n) is 3.91. The third-order valence-corrected chi connectivity index (χ3v) is 5.75. The molecule has 1 saturated heterocycles. The lowest BCUT2D eigenvalue weighted by atomic mass is 10.0. The van der Waals surface area contributed by atoms with E-state index in [1.54, 1.807) is 27.8 Å². The normalized spacial score (nSPS) is 19.5. The van der Waals surface area contributed by atoms with Gasteiger partial charge in [-0.15, -0.1) is 0 Å². The van der Waals surface area contributed by atoms with Crippen LogP contribution in [-0.4, -0.2) is 76.9 Å². The van der Waals surface area contributed by atoms with Crippen molar-refractivity contribution >= 4 is 18.1 Å². The molecular weight excluding hydrogens is 450 g/mol. The second-order valence-corrected chi connectivity index (χ2v) is 10.5. The predicted octanol–water partition coefficient (Wildman–Crippen LogP) is 3.55. The Balaban J connectivity index is 1.98. The maximum Gasteiger partial charge on any atom is 0.410 e. The summed E-state index contributed by atoms with van der Waals surface area (Å²) in [6.45, 7) is 9.89. The van der Waals surface area contributed by atoms with Gasteiger partial charge in [-0.3, -0.25) is 9.69 Å². The van der Waals surface area contributed by atoms with Crippen LogP contribution in [0.1, 0.15) is 59.4 Å². The van der Waals surface area contributed by atoms with Gasteiger partial charge in [-0.05, 0) is 51.5 Å². The van der Waals surface area contributed by atoms with Crippen molar-refractivity contribution in [2.24, 2.45) is 5.92 Å². The Labute approximate surface area is 208 Å². The number of hydrogen-bond donors (Lipinski definition) is 2. The first-order valence-electron chi connectivity index (χ1n) is 12.3. The SMILES string of the molecule is CC(C)CC(C(=O)NC1CCCN(C(=O)OCc2ccccc2)CC1O)N(C)C(=O)OC(C)(C)C. The van der Waals surface area contributed by atoms with Gasteiger partial charge in [0.1, 0.15) is 18.2 Å². The van der Waals surface area contributed by atoms with Crippen LogP contribution in [0.5, 0.6) is 0 Å². The maximum absolute atomic E-state index is 13.2. The van der Waals surface area contributed by atoms with Crippen molar-refractivity contribution in [1.29, 1.82) is 0 Å². The molecule has 196 valence electrons. The molecule has 1 heterocycles. The molecule has 2 rings (SSSR count). The average Bonchev–Trinajstić information content (AvgIpc) is 2.96. The minimum absolute atomic E-state index is 0.0509. The first-order chi connectivity index (χ1) is 16.4. The lowest BCUT2D eigenvalue weighted by Gasteiger charge is -2.32. The number of β-amino-alcohol motifs (C(OH)–C–C–N with tert-alkyl or cyclic N) is 1. The minimum Gasteiger partial charge on any atom is -0.445 e. The van der Waals surface area contributed by atoms with E-state index in [0.29, 0.717) is 25.8 Å². The summed E-state index contributed by atoms with van der Waals surface area (Å²) >= 11 is 0. The Morgan fingerprint density at radius 3 is 2.46 bits per heavy atom. The van der Waals surface area contributed by atoms with Gasteiger partial charge >= 0.3 is 12.2 Å². The van der Waals surface area contributed by atoms with E-state index in [-0.39, 0.29) is 25.0 Å². The topological polar surface area (TPSA) is 108 Å². The van der Waals surface area contributed by atoms with Gasteiger partial charge in [0.25, 0.3) is 0 Å². The molecule has 9 nitrogen and oxygen atoms in total. The molecule has 0 aromatic heterocycles. The number of likely N-dealkylation sites (tertiary alicyclic amines) is 1. The summed E-state index contributed by atoms with van der Waals surface area (Å²) in [6, 6.07) is 8.10. The zero-order valence-electron chi connectivity index (χ0n) is 21.8. The number of ether oxygens (including phenoxy) is 2. The molecule has 1 fully saturated rings. The summed E-state index contributed by atoms with van der Waals surface area (Å²) < 4.78 is 10.8. The highest BCUT2D eigenvalue weighted by Gasteiger charge is 2.35. The first-order valence-corrected chi connectivity index (χ1v) is 12.3. The van der Waals surface area contributed by atoms with E-state index in [1.807, 2.05) is 44.2 Å². The molecule has 1 aliphatic rings. The quantitative estimate of drug-likeness (QED) is 0.604. The highest BCUT2D eigenvalue weighted by atomic mass is 16.6. The molecule has 3 amide bonds. The molecule has 1 aromatic carbocycles. The van der Waals surface area contributed by atoms with Crippen molar-refractivity contribution in [3.05, 3.63) is 35.9 Å². The van der Waals surface area contributed by atoms with Crippen molar-refractivity contribution in [3.8, 4) is 0 Å². The molecule has 0 radical (unpaired) electrons. The van der Waals surface area contributed by atoms with E-state index in [4.69, 9.17) is 9.47 Å². The molecule has 1 aromatic rings. The van der Waals surface area contributed by atoms with Crippen LogP contribution in [0.2, 0.25) is 0 Å². The molecule has 0 saturated carbocycles. The Morgan fingerprint density at radius 1 is 1.20 bits per heavy atom. The Hall–Kier alpha value is -2.81. The number of benzene rings is 1. The highest BCUT2D eigenvalue weighted by Crippen LogP contribution is 2.18. The summed E-state index contributed by atoms with van der Waals surface area (Å²) in [5, 5.41) is 13.7. The maximum atomic E-state index is 13.2. The van der Waals surface area contributed by atoms with Crippen LogP contribution in [0, 0.1) is 5.92 Å². The Kier molecular flexibility index (Phi) is 10.4. The van der Waals surface area contributed by atoms with Gasteiger partial charge in [-0.1, -0.05) is 44.2 Å². The standard InChI is InChI=1S/C26H41N3O6/c1-18(2)15-21(28(6)24(32)35-26(3,4)5)23(31)27-20-13-10-14-29(16-22(20)30)25(33)34-17-19-11-8-7-9-12-19/h7-9,11-12,18,20-22,30H,10,13-17H2,1-6H3,(H,27,31). The van der Waals surface area contributed by atoms with E-state index in [9.17, 15) is 19.5 Å². The molecule has 0 aliphatic carbocycles. The summed E-state index contributed by atoms with van der Waals surface area (Å²) in [7, 11) is 1.55. The van der Waals surface area contributed by atoms with E-state index in [2.05, 4.69) is 5.32 Å². The lowest BCUT2D eigenvalue weighted by Crippen LogP contribution is -2.54. The number of carbonyl (C=O) groups is 3. The van der Waals surface area contributed by atoms with Crippen LogP contribution in [0.15, 0.2) is 30.3 Å². The van der Waals surface area contributed by atoms with Crippen molar-refractivity contribution in [3.63, 3.8) is 0 Å². The second-order valence-electron chi connectivity index (χ2n) is 10.5. The van der Waals surface area contributed by atoms with E-state index < -0.39 is 36.0 Å². The number of aliphatic hydroxyl groups excluding tert-OH is 1. The molecule has 35 heavy (non-hydrogen) atoms. The number of carbonyl (C=O) groups excluding carboxylic acids is 3. The fourth-order valence-corrected chi connectivity index (χ4v) is 3.91. The number of nitrogens with zero attached hydrogens (tertiary/aromatic N) is 2. The predicted molar refractivity (Wildman–Crippen MR) is 133 cm³/mol.